The molecular weight excluding hydrogens is 320 g/mol. The molecule has 0 bridgehead atoms. The highest BCUT2D eigenvalue weighted by molar-refractivity contribution is 8.00. The first kappa shape index (κ1) is 15.7. The second-order valence-corrected chi connectivity index (χ2v) is 7.87. The van der Waals surface area contributed by atoms with Gasteiger partial charge in [-0.25, -0.2) is 9.67 Å². The van der Waals surface area contributed by atoms with Crippen molar-refractivity contribution in [3.63, 3.8) is 0 Å². The largest absolute Gasteiger partial charge is 0.342 e. The zero-order valence-corrected chi connectivity index (χ0v) is 14.7. The van der Waals surface area contributed by atoms with Gasteiger partial charge < -0.3 is 4.90 Å². The highest BCUT2D eigenvalue weighted by Crippen LogP contribution is 2.40. The fourth-order valence-corrected chi connectivity index (χ4v) is 3.96. The molecule has 1 atom stereocenters. The fraction of sp³-hybridized carbons (Fsp3) is 0.500. The third-order valence-electron chi connectivity index (χ3n) is 4.60. The standard InChI is InChI=1S/C18H22N4OS/c1-13(17(23)21-11-5-6-12-21)24-18-19-16(14-9-10-14)22(20-18)15-7-3-2-4-8-15/h2-4,7-8,13-14H,5-6,9-12H2,1H3/t13-/m1/s1. The number of carbonyl (C=O) groups is 1. The summed E-state index contributed by atoms with van der Waals surface area (Å²) in [7, 11) is 0. The topological polar surface area (TPSA) is 51.0 Å². The average molecular weight is 342 g/mol. The van der Waals surface area contributed by atoms with E-state index in [1.165, 1.54) is 24.6 Å². The number of thioether (sulfide) groups is 1. The van der Waals surface area contributed by atoms with Crippen molar-refractivity contribution < 1.29 is 4.79 Å². The number of carbonyl (C=O) groups excluding carboxylic acids is 1. The maximum absolute atomic E-state index is 12.5. The Bertz CT molecular complexity index is 720. The van der Waals surface area contributed by atoms with E-state index >= 15 is 0 Å². The highest BCUT2D eigenvalue weighted by atomic mass is 32.2. The second-order valence-electron chi connectivity index (χ2n) is 6.57. The van der Waals surface area contributed by atoms with E-state index in [1.54, 1.807) is 0 Å². The summed E-state index contributed by atoms with van der Waals surface area (Å²) in [5.41, 5.74) is 1.04. The fourth-order valence-electron chi connectivity index (χ4n) is 3.12. The molecule has 0 radical (unpaired) electrons. The molecule has 5 nitrogen and oxygen atoms in total. The van der Waals surface area contributed by atoms with E-state index < -0.39 is 0 Å². The molecule has 2 aliphatic rings. The second kappa shape index (κ2) is 6.59. The van der Waals surface area contributed by atoms with Gasteiger partial charge in [-0.3, -0.25) is 4.79 Å². The van der Waals surface area contributed by atoms with Crippen molar-refractivity contribution >= 4 is 17.7 Å². The molecule has 2 heterocycles. The molecule has 2 aromatic rings. The van der Waals surface area contributed by atoms with Crippen LogP contribution in [0.3, 0.4) is 0 Å². The molecule has 4 rings (SSSR count). The van der Waals surface area contributed by atoms with Crippen LogP contribution in [0.25, 0.3) is 5.69 Å². The molecule has 0 spiro atoms. The van der Waals surface area contributed by atoms with Gasteiger partial charge in [0.15, 0.2) is 0 Å². The molecule has 1 saturated heterocycles. The Morgan fingerprint density at radius 3 is 2.58 bits per heavy atom. The van der Waals surface area contributed by atoms with Gasteiger partial charge in [0.1, 0.15) is 5.82 Å². The van der Waals surface area contributed by atoms with E-state index in [-0.39, 0.29) is 11.2 Å². The normalized spacial score (nSPS) is 18.8. The zero-order valence-electron chi connectivity index (χ0n) is 13.9. The summed E-state index contributed by atoms with van der Waals surface area (Å²) < 4.78 is 1.95. The van der Waals surface area contributed by atoms with Crippen LogP contribution < -0.4 is 0 Å². The van der Waals surface area contributed by atoms with E-state index in [4.69, 9.17) is 4.98 Å². The van der Waals surface area contributed by atoms with Gasteiger partial charge in [-0.05, 0) is 44.7 Å². The minimum absolute atomic E-state index is 0.137. The Kier molecular flexibility index (Phi) is 4.31. The van der Waals surface area contributed by atoms with E-state index in [2.05, 4.69) is 5.10 Å². The molecule has 0 N–H and O–H groups in total. The lowest BCUT2D eigenvalue weighted by Gasteiger charge is -2.18. The van der Waals surface area contributed by atoms with Crippen LogP contribution in [0.5, 0.6) is 0 Å². The van der Waals surface area contributed by atoms with Crippen LogP contribution in [-0.4, -0.2) is 43.9 Å². The third-order valence-corrected chi connectivity index (χ3v) is 5.54. The SMILES string of the molecule is C[C@@H](Sc1nc(C2CC2)n(-c2ccccc2)n1)C(=O)N1CCCC1. The molecule has 1 saturated carbocycles. The first-order chi connectivity index (χ1) is 11.7. The molecule has 1 aliphatic carbocycles. The van der Waals surface area contributed by atoms with Crippen molar-refractivity contribution in [3.8, 4) is 5.69 Å². The van der Waals surface area contributed by atoms with Gasteiger partial charge in [0.25, 0.3) is 0 Å². The number of amides is 1. The molecule has 1 aromatic heterocycles. The lowest BCUT2D eigenvalue weighted by molar-refractivity contribution is -0.129. The van der Waals surface area contributed by atoms with Crippen molar-refractivity contribution in [2.75, 3.05) is 13.1 Å². The number of nitrogens with zero attached hydrogens (tertiary/aromatic N) is 4. The number of hydrogen-bond acceptors (Lipinski definition) is 4. The minimum atomic E-state index is -0.137. The van der Waals surface area contributed by atoms with Crippen LogP contribution in [0.4, 0.5) is 0 Å². The van der Waals surface area contributed by atoms with Crippen LogP contribution in [0.15, 0.2) is 35.5 Å². The molecule has 0 unspecified atom stereocenters. The van der Waals surface area contributed by atoms with Gasteiger partial charge in [0.05, 0.1) is 10.9 Å². The average Bonchev–Trinajstić information content (AvgIpc) is 3.14. The summed E-state index contributed by atoms with van der Waals surface area (Å²) in [6, 6.07) is 10.1. The summed E-state index contributed by atoms with van der Waals surface area (Å²) >= 11 is 1.48. The molecule has 6 heteroatoms. The number of benzene rings is 1. The first-order valence-electron chi connectivity index (χ1n) is 8.70. The maximum Gasteiger partial charge on any atom is 0.235 e. The number of aromatic nitrogens is 3. The third kappa shape index (κ3) is 3.20. The van der Waals surface area contributed by atoms with E-state index in [0.29, 0.717) is 11.1 Å². The summed E-state index contributed by atoms with van der Waals surface area (Å²) in [6.45, 7) is 3.75. The van der Waals surface area contributed by atoms with Crippen LogP contribution in [0.2, 0.25) is 0 Å². The van der Waals surface area contributed by atoms with E-state index in [9.17, 15) is 4.79 Å². The van der Waals surface area contributed by atoms with Crippen molar-refractivity contribution in [2.24, 2.45) is 0 Å². The van der Waals surface area contributed by atoms with Gasteiger partial charge in [-0.15, -0.1) is 5.10 Å². The van der Waals surface area contributed by atoms with Crippen molar-refractivity contribution in [1.82, 2.24) is 19.7 Å². The van der Waals surface area contributed by atoms with Gasteiger partial charge in [0.2, 0.25) is 11.1 Å². The van der Waals surface area contributed by atoms with Gasteiger partial charge >= 0.3 is 0 Å². The van der Waals surface area contributed by atoms with Crippen molar-refractivity contribution in [1.29, 1.82) is 0 Å². The summed E-state index contributed by atoms with van der Waals surface area (Å²) in [5, 5.41) is 5.26. The van der Waals surface area contributed by atoms with Crippen LogP contribution in [0.1, 0.15) is 44.3 Å². The Morgan fingerprint density at radius 2 is 1.92 bits per heavy atom. The minimum Gasteiger partial charge on any atom is -0.342 e. The quantitative estimate of drug-likeness (QED) is 0.783. The molecule has 2 fully saturated rings. The predicted molar refractivity (Wildman–Crippen MR) is 94.5 cm³/mol. The number of hydrogen-bond donors (Lipinski definition) is 0. The lowest BCUT2D eigenvalue weighted by Crippen LogP contribution is -2.34. The zero-order chi connectivity index (χ0) is 16.5. The summed E-state index contributed by atoms with van der Waals surface area (Å²) in [6.07, 6.45) is 4.60. The molecule has 24 heavy (non-hydrogen) atoms. The van der Waals surface area contributed by atoms with Crippen molar-refractivity contribution in [3.05, 3.63) is 36.2 Å². The monoisotopic (exact) mass is 342 g/mol. The molecule has 1 amide bonds. The van der Waals surface area contributed by atoms with Crippen LogP contribution in [0, 0.1) is 0 Å². The summed E-state index contributed by atoms with van der Waals surface area (Å²) in [5.74, 6) is 1.75. The van der Waals surface area contributed by atoms with Crippen LogP contribution >= 0.6 is 11.8 Å². The van der Waals surface area contributed by atoms with E-state index in [1.807, 2.05) is 46.8 Å². The number of rotatable bonds is 5. The Balaban J connectivity index is 1.54. The van der Waals surface area contributed by atoms with Gasteiger partial charge in [-0.1, -0.05) is 30.0 Å². The number of para-hydroxylation sites is 1. The smallest absolute Gasteiger partial charge is 0.235 e. The molecule has 1 aromatic carbocycles. The lowest BCUT2D eigenvalue weighted by atomic mass is 10.3. The van der Waals surface area contributed by atoms with Gasteiger partial charge in [0, 0.05) is 19.0 Å². The number of likely N-dealkylation sites (tertiary alicyclic amines) is 1. The summed E-state index contributed by atoms with van der Waals surface area (Å²) in [4.78, 5) is 19.2. The molecule has 126 valence electrons. The van der Waals surface area contributed by atoms with Crippen molar-refractivity contribution in [2.45, 2.75) is 48.9 Å². The Morgan fingerprint density at radius 1 is 1.21 bits per heavy atom. The maximum atomic E-state index is 12.5. The Hall–Kier alpha value is -1.82. The first-order valence-corrected chi connectivity index (χ1v) is 9.58. The highest BCUT2D eigenvalue weighted by Gasteiger charge is 2.31. The molecular formula is C18H22N4OS. The Labute approximate surface area is 146 Å². The molecule has 1 aliphatic heterocycles. The van der Waals surface area contributed by atoms with Gasteiger partial charge in [-0.2, -0.15) is 0 Å². The predicted octanol–water partition coefficient (Wildman–Crippen LogP) is 3.25. The van der Waals surface area contributed by atoms with E-state index in [0.717, 1.165) is 37.4 Å². The van der Waals surface area contributed by atoms with Crippen LogP contribution in [-0.2, 0) is 4.79 Å².